The second-order valence-corrected chi connectivity index (χ2v) is 2.99. The van der Waals surface area contributed by atoms with Crippen LogP contribution in [0.15, 0.2) is 10.7 Å². The van der Waals surface area contributed by atoms with Crippen LogP contribution in [0.5, 0.6) is 0 Å². The van der Waals surface area contributed by atoms with E-state index in [2.05, 4.69) is 21.0 Å². The summed E-state index contributed by atoms with van der Waals surface area (Å²) in [6.45, 7) is 0. The van der Waals surface area contributed by atoms with E-state index in [9.17, 15) is 22.0 Å². The molecule has 0 aliphatic rings. The normalized spacial score (nSPS) is 13.4. The van der Waals surface area contributed by atoms with E-state index < -0.39 is 17.8 Å². The van der Waals surface area contributed by atoms with Crippen molar-refractivity contribution < 1.29 is 22.0 Å². The van der Waals surface area contributed by atoms with Crippen LogP contribution in [0.4, 0.5) is 22.0 Å². The van der Waals surface area contributed by atoms with Gasteiger partial charge in [0.2, 0.25) is 0 Å². The molecule has 0 spiro atoms. The van der Waals surface area contributed by atoms with Crippen molar-refractivity contribution in [1.82, 2.24) is 10.2 Å². The number of aromatic nitrogens is 2. The highest BCUT2D eigenvalue weighted by molar-refractivity contribution is 9.10. The van der Waals surface area contributed by atoms with E-state index in [1.54, 1.807) is 5.10 Å². The van der Waals surface area contributed by atoms with Crippen molar-refractivity contribution >= 4 is 15.9 Å². The molecule has 0 amide bonds. The molecule has 1 heterocycles. The van der Waals surface area contributed by atoms with Crippen LogP contribution >= 0.6 is 15.9 Å². The van der Waals surface area contributed by atoms with Gasteiger partial charge in [-0.3, -0.25) is 5.10 Å². The first kappa shape index (κ1) is 10.4. The Balaban J connectivity index is 3.07. The summed E-state index contributed by atoms with van der Waals surface area (Å²) in [6.07, 6.45) is -5.61. The average Bonchev–Trinajstić information content (AvgIpc) is 2.33. The number of alkyl halides is 5. The first-order chi connectivity index (χ1) is 5.75. The monoisotopic (exact) mass is 264 g/mol. The maximum Gasteiger partial charge on any atom is 0.459 e. The van der Waals surface area contributed by atoms with E-state index in [-0.39, 0.29) is 4.60 Å². The number of hydrogen-bond donors (Lipinski definition) is 1. The number of halogens is 6. The minimum Gasteiger partial charge on any atom is -0.275 e. The molecule has 0 unspecified atom stereocenters. The highest BCUT2D eigenvalue weighted by Crippen LogP contribution is 2.43. The Morgan fingerprint density at radius 3 is 2.08 bits per heavy atom. The molecule has 1 N–H and O–H groups in total. The van der Waals surface area contributed by atoms with E-state index in [1.165, 1.54) is 0 Å². The predicted octanol–water partition coefficient (Wildman–Crippen LogP) is 2.83. The molecule has 1 aromatic heterocycles. The molecule has 0 bridgehead atoms. The third kappa shape index (κ3) is 1.82. The smallest absolute Gasteiger partial charge is 0.275 e. The molecule has 8 heteroatoms. The quantitative estimate of drug-likeness (QED) is 0.777. The van der Waals surface area contributed by atoms with Gasteiger partial charge in [-0.1, -0.05) is 0 Å². The lowest BCUT2D eigenvalue weighted by Crippen LogP contribution is -2.33. The van der Waals surface area contributed by atoms with E-state index in [0.717, 1.165) is 0 Å². The summed E-state index contributed by atoms with van der Waals surface area (Å²) in [5.41, 5.74) is -1.29. The lowest BCUT2D eigenvalue weighted by Gasteiger charge is -2.17. The number of nitrogens with one attached hydrogen (secondary N) is 1. The van der Waals surface area contributed by atoms with E-state index in [4.69, 9.17) is 0 Å². The molecule has 0 fully saturated rings. The Morgan fingerprint density at radius 1 is 1.23 bits per heavy atom. The van der Waals surface area contributed by atoms with Crippen LogP contribution in [0, 0.1) is 0 Å². The Labute approximate surface area is 77.3 Å². The van der Waals surface area contributed by atoms with Crippen LogP contribution in [0.3, 0.4) is 0 Å². The minimum atomic E-state index is -5.61. The lowest BCUT2D eigenvalue weighted by atomic mass is 10.2. The van der Waals surface area contributed by atoms with Crippen LogP contribution in [0.2, 0.25) is 0 Å². The van der Waals surface area contributed by atoms with Crippen molar-refractivity contribution in [2.45, 2.75) is 12.1 Å². The van der Waals surface area contributed by atoms with Gasteiger partial charge in [0.05, 0.1) is 0 Å². The fraction of sp³-hybridized carbons (Fsp3) is 0.400. The molecule has 1 aromatic rings. The second-order valence-electron chi connectivity index (χ2n) is 2.18. The summed E-state index contributed by atoms with van der Waals surface area (Å²) in [7, 11) is 0. The predicted molar refractivity (Wildman–Crippen MR) is 36.2 cm³/mol. The van der Waals surface area contributed by atoms with Gasteiger partial charge in [-0.15, -0.1) is 0 Å². The highest BCUT2D eigenvalue weighted by atomic mass is 79.9. The maximum absolute atomic E-state index is 12.5. The van der Waals surface area contributed by atoms with Crippen LogP contribution < -0.4 is 0 Å². The summed E-state index contributed by atoms with van der Waals surface area (Å²) >= 11 is 2.65. The zero-order chi connectivity index (χ0) is 10.3. The summed E-state index contributed by atoms with van der Waals surface area (Å²) in [4.78, 5) is 0. The molecular formula is C5H2BrF5N2. The first-order valence-corrected chi connectivity index (χ1v) is 3.70. The van der Waals surface area contributed by atoms with Crippen molar-refractivity contribution in [3.8, 4) is 0 Å². The zero-order valence-corrected chi connectivity index (χ0v) is 7.38. The standard InChI is InChI=1S/C5H2BrF5N2/c6-3-1-2(12-13-3)4(7,8)5(9,10)11/h1H,(H,12,13). The van der Waals surface area contributed by atoms with Gasteiger partial charge in [0.15, 0.2) is 0 Å². The topological polar surface area (TPSA) is 28.7 Å². The van der Waals surface area contributed by atoms with Crippen molar-refractivity contribution in [1.29, 1.82) is 0 Å². The molecule has 74 valence electrons. The lowest BCUT2D eigenvalue weighted by molar-refractivity contribution is -0.290. The second kappa shape index (κ2) is 2.93. The summed E-state index contributed by atoms with van der Waals surface area (Å²) in [6, 6.07) is 0.577. The van der Waals surface area contributed by atoms with Crippen molar-refractivity contribution in [3.05, 3.63) is 16.4 Å². The van der Waals surface area contributed by atoms with Gasteiger partial charge in [-0.2, -0.15) is 27.1 Å². The van der Waals surface area contributed by atoms with Crippen molar-refractivity contribution in [3.63, 3.8) is 0 Å². The number of aromatic amines is 1. The van der Waals surface area contributed by atoms with Crippen LogP contribution in [-0.4, -0.2) is 16.4 Å². The van der Waals surface area contributed by atoms with Crippen LogP contribution in [-0.2, 0) is 5.92 Å². The number of rotatable bonds is 1. The molecule has 13 heavy (non-hydrogen) atoms. The van der Waals surface area contributed by atoms with Gasteiger partial charge in [0.25, 0.3) is 0 Å². The zero-order valence-electron chi connectivity index (χ0n) is 5.79. The Kier molecular flexibility index (Phi) is 2.35. The van der Waals surface area contributed by atoms with Crippen molar-refractivity contribution in [2.75, 3.05) is 0 Å². The van der Waals surface area contributed by atoms with Gasteiger partial charge in [0.1, 0.15) is 10.3 Å². The first-order valence-electron chi connectivity index (χ1n) is 2.91. The minimum absolute atomic E-state index is 0.105. The molecule has 0 aliphatic carbocycles. The fourth-order valence-corrected chi connectivity index (χ4v) is 0.928. The fourth-order valence-electron chi connectivity index (χ4n) is 0.611. The Hall–Kier alpha value is -0.660. The van der Waals surface area contributed by atoms with Gasteiger partial charge in [-0.05, 0) is 15.9 Å². The summed E-state index contributed by atoms with van der Waals surface area (Å²) < 4.78 is 60.0. The Bertz CT molecular complexity index is 304. The summed E-state index contributed by atoms with van der Waals surface area (Å²) in [5, 5.41) is 4.69. The summed E-state index contributed by atoms with van der Waals surface area (Å²) in [5.74, 6) is -4.90. The third-order valence-electron chi connectivity index (χ3n) is 1.24. The molecule has 0 atom stereocenters. The SMILES string of the molecule is FC(F)(F)C(F)(F)c1cc(Br)n[nH]1. The number of nitrogens with zero attached hydrogens (tertiary/aromatic N) is 1. The molecule has 2 nitrogen and oxygen atoms in total. The average molecular weight is 265 g/mol. The molecule has 0 aliphatic heterocycles. The molecular weight excluding hydrogens is 263 g/mol. The van der Waals surface area contributed by atoms with E-state index >= 15 is 0 Å². The van der Waals surface area contributed by atoms with Gasteiger partial charge in [-0.25, -0.2) is 0 Å². The van der Waals surface area contributed by atoms with E-state index in [0.29, 0.717) is 6.07 Å². The maximum atomic E-state index is 12.5. The number of hydrogen-bond acceptors (Lipinski definition) is 1. The molecule has 0 saturated heterocycles. The van der Waals surface area contributed by atoms with Gasteiger partial charge >= 0.3 is 12.1 Å². The largest absolute Gasteiger partial charge is 0.459 e. The van der Waals surface area contributed by atoms with Crippen molar-refractivity contribution in [2.24, 2.45) is 0 Å². The highest BCUT2D eigenvalue weighted by Gasteiger charge is 2.59. The number of H-pyrrole nitrogens is 1. The Morgan fingerprint density at radius 2 is 1.77 bits per heavy atom. The molecule has 1 rings (SSSR count). The van der Waals surface area contributed by atoms with Gasteiger partial charge in [0, 0.05) is 6.07 Å². The molecule has 0 saturated carbocycles. The van der Waals surface area contributed by atoms with Crippen LogP contribution in [0.1, 0.15) is 5.69 Å². The van der Waals surface area contributed by atoms with Crippen LogP contribution in [0.25, 0.3) is 0 Å². The third-order valence-corrected chi connectivity index (χ3v) is 1.65. The van der Waals surface area contributed by atoms with E-state index in [1.807, 2.05) is 0 Å². The molecule has 0 radical (unpaired) electrons. The van der Waals surface area contributed by atoms with Gasteiger partial charge < -0.3 is 0 Å². The molecule has 0 aromatic carbocycles.